The first-order chi connectivity index (χ1) is 12.6. The second kappa shape index (κ2) is 7.92. The predicted octanol–water partition coefficient (Wildman–Crippen LogP) is 0.883. The topological polar surface area (TPSA) is 90.5 Å². The number of fused-ring (bicyclic) bond motifs is 1. The van der Waals surface area contributed by atoms with Gasteiger partial charge in [-0.1, -0.05) is 31.2 Å². The van der Waals surface area contributed by atoms with Crippen LogP contribution in [0.1, 0.15) is 12.5 Å². The fraction of sp³-hybridized carbons (Fsp3) is 0.333. The van der Waals surface area contributed by atoms with Crippen molar-refractivity contribution in [3.05, 3.63) is 52.6 Å². The standard InChI is InChI=1S/C18H21N5O3/c1-3-13-4-6-14(7-5-13)15-10-16-18(25)22(20-12-23(16)21-15)11-17(24)19-8-9-26-2/h4-7,10,12H,3,8-9,11H2,1-2H3,(H,19,24). The third kappa shape index (κ3) is 3.80. The number of carbonyl (C=O) groups is 1. The van der Waals surface area contributed by atoms with Crippen molar-refractivity contribution >= 4 is 11.4 Å². The van der Waals surface area contributed by atoms with Crippen LogP contribution in [0, 0.1) is 0 Å². The van der Waals surface area contributed by atoms with Crippen molar-refractivity contribution in [3.63, 3.8) is 0 Å². The minimum atomic E-state index is -0.363. The Kier molecular flexibility index (Phi) is 5.43. The van der Waals surface area contributed by atoms with Gasteiger partial charge in [0, 0.05) is 19.2 Å². The third-order valence-electron chi connectivity index (χ3n) is 4.07. The van der Waals surface area contributed by atoms with Crippen LogP contribution in [0.3, 0.4) is 0 Å². The van der Waals surface area contributed by atoms with Crippen LogP contribution in [0.5, 0.6) is 0 Å². The lowest BCUT2D eigenvalue weighted by atomic mass is 10.1. The van der Waals surface area contributed by atoms with Gasteiger partial charge in [-0.05, 0) is 18.1 Å². The summed E-state index contributed by atoms with van der Waals surface area (Å²) < 4.78 is 7.44. The van der Waals surface area contributed by atoms with Gasteiger partial charge in [-0.2, -0.15) is 10.2 Å². The molecular formula is C18H21N5O3. The molecule has 0 radical (unpaired) electrons. The fourth-order valence-electron chi connectivity index (χ4n) is 2.59. The molecule has 136 valence electrons. The maximum Gasteiger partial charge on any atom is 0.293 e. The maximum atomic E-state index is 12.6. The Morgan fingerprint density at radius 2 is 2.04 bits per heavy atom. The number of nitrogens with one attached hydrogen (secondary N) is 1. The molecule has 2 aromatic heterocycles. The van der Waals surface area contributed by atoms with Crippen molar-refractivity contribution in [2.45, 2.75) is 19.9 Å². The van der Waals surface area contributed by atoms with Gasteiger partial charge in [0.1, 0.15) is 18.4 Å². The van der Waals surface area contributed by atoms with Crippen LogP contribution in [-0.2, 0) is 22.5 Å². The van der Waals surface area contributed by atoms with Crippen molar-refractivity contribution in [2.75, 3.05) is 20.3 Å². The highest BCUT2D eigenvalue weighted by Gasteiger charge is 2.12. The van der Waals surface area contributed by atoms with Crippen molar-refractivity contribution < 1.29 is 9.53 Å². The summed E-state index contributed by atoms with van der Waals surface area (Å²) >= 11 is 0. The van der Waals surface area contributed by atoms with Crippen LogP contribution in [-0.4, -0.2) is 45.6 Å². The highest BCUT2D eigenvalue weighted by molar-refractivity contribution is 5.75. The molecule has 0 saturated carbocycles. The van der Waals surface area contributed by atoms with Gasteiger partial charge in [0.05, 0.1) is 12.3 Å². The quantitative estimate of drug-likeness (QED) is 0.636. The molecule has 0 atom stereocenters. The number of carbonyl (C=O) groups excluding carboxylic acids is 1. The van der Waals surface area contributed by atoms with Crippen LogP contribution in [0.4, 0.5) is 0 Å². The molecule has 1 aromatic carbocycles. The van der Waals surface area contributed by atoms with Gasteiger partial charge in [-0.15, -0.1) is 0 Å². The number of amides is 1. The summed E-state index contributed by atoms with van der Waals surface area (Å²) in [7, 11) is 1.55. The number of hydrogen-bond donors (Lipinski definition) is 1. The van der Waals surface area contributed by atoms with E-state index in [0.29, 0.717) is 24.4 Å². The number of aromatic nitrogens is 4. The third-order valence-corrected chi connectivity index (χ3v) is 4.07. The Labute approximate surface area is 150 Å². The van der Waals surface area contributed by atoms with Crippen molar-refractivity contribution in [3.8, 4) is 11.3 Å². The molecule has 1 N–H and O–H groups in total. The Hall–Kier alpha value is -3.00. The summed E-state index contributed by atoms with van der Waals surface area (Å²) in [5.74, 6) is -0.295. The van der Waals surface area contributed by atoms with Crippen molar-refractivity contribution in [1.82, 2.24) is 24.7 Å². The molecule has 0 saturated heterocycles. The van der Waals surface area contributed by atoms with E-state index in [0.717, 1.165) is 16.7 Å². The van der Waals surface area contributed by atoms with Crippen molar-refractivity contribution in [2.24, 2.45) is 0 Å². The second-order valence-electron chi connectivity index (χ2n) is 5.85. The molecule has 26 heavy (non-hydrogen) atoms. The largest absolute Gasteiger partial charge is 0.383 e. The van der Waals surface area contributed by atoms with E-state index in [1.54, 1.807) is 13.2 Å². The van der Waals surface area contributed by atoms with E-state index in [1.807, 2.05) is 24.3 Å². The average Bonchev–Trinajstić information content (AvgIpc) is 3.09. The van der Waals surface area contributed by atoms with Gasteiger partial charge in [0.2, 0.25) is 5.91 Å². The minimum Gasteiger partial charge on any atom is -0.383 e. The number of nitrogens with zero attached hydrogens (tertiary/aromatic N) is 4. The Balaban J connectivity index is 1.84. The lowest BCUT2D eigenvalue weighted by molar-refractivity contribution is -0.122. The minimum absolute atomic E-state index is 0.148. The van der Waals surface area contributed by atoms with Gasteiger partial charge in [-0.3, -0.25) is 9.59 Å². The van der Waals surface area contributed by atoms with E-state index >= 15 is 0 Å². The summed E-state index contributed by atoms with van der Waals surface area (Å²) in [5, 5.41) is 11.1. The molecule has 8 heteroatoms. The lowest BCUT2D eigenvalue weighted by Gasteiger charge is -2.06. The summed E-state index contributed by atoms with van der Waals surface area (Å²) in [5.41, 5.74) is 2.86. The van der Waals surface area contributed by atoms with Gasteiger partial charge < -0.3 is 10.1 Å². The second-order valence-corrected chi connectivity index (χ2v) is 5.85. The first-order valence-electron chi connectivity index (χ1n) is 8.43. The Morgan fingerprint density at radius 1 is 1.27 bits per heavy atom. The number of rotatable bonds is 7. The van der Waals surface area contributed by atoms with Crippen molar-refractivity contribution in [1.29, 1.82) is 0 Å². The Morgan fingerprint density at radius 3 is 2.73 bits per heavy atom. The smallest absolute Gasteiger partial charge is 0.293 e. The number of benzene rings is 1. The Bertz CT molecular complexity index is 959. The number of ether oxygens (including phenoxy) is 1. The molecular weight excluding hydrogens is 334 g/mol. The van der Waals surface area contributed by atoms with Gasteiger partial charge in [-0.25, -0.2) is 9.20 Å². The van der Waals surface area contributed by atoms with Gasteiger partial charge in [0.15, 0.2) is 0 Å². The van der Waals surface area contributed by atoms with E-state index in [2.05, 4.69) is 22.4 Å². The molecule has 0 aliphatic heterocycles. The first-order valence-corrected chi connectivity index (χ1v) is 8.43. The van der Waals surface area contributed by atoms with Crippen LogP contribution < -0.4 is 10.9 Å². The molecule has 8 nitrogen and oxygen atoms in total. The molecule has 0 aliphatic rings. The summed E-state index contributed by atoms with van der Waals surface area (Å²) in [4.78, 5) is 24.4. The van der Waals surface area contributed by atoms with Crippen LogP contribution in [0.15, 0.2) is 41.5 Å². The SMILES string of the molecule is CCc1ccc(-c2cc3c(=O)n(CC(=O)NCCOC)ncn3n2)cc1. The predicted molar refractivity (Wildman–Crippen MR) is 96.9 cm³/mol. The van der Waals surface area contributed by atoms with Crippen LogP contribution in [0.2, 0.25) is 0 Å². The summed E-state index contributed by atoms with van der Waals surface area (Å²) in [6.45, 7) is 2.75. The zero-order valence-electron chi connectivity index (χ0n) is 14.8. The number of aryl methyl sites for hydroxylation is 1. The van der Waals surface area contributed by atoms with Crippen LogP contribution in [0.25, 0.3) is 16.8 Å². The lowest BCUT2D eigenvalue weighted by Crippen LogP contribution is -2.35. The summed E-state index contributed by atoms with van der Waals surface area (Å²) in [6, 6.07) is 9.76. The molecule has 1 amide bonds. The molecule has 0 aliphatic carbocycles. The first kappa shape index (κ1) is 17.8. The van der Waals surface area contributed by atoms with E-state index in [9.17, 15) is 9.59 Å². The number of methoxy groups -OCH3 is 1. The molecule has 2 heterocycles. The van der Waals surface area contributed by atoms with E-state index in [-0.39, 0.29) is 18.0 Å². The van der Waals surface area contributed by atoms with Crippen LogP contribution >= 0.6 is 0 Å². The van der Waals surface area contributed by atoms with E-state index in [1.165, 1.54) is 16.4 Å². The average molecular weight is 355 g/mol. The molecule has 3 aromatic rings. The number of hydrogen-bond acceptors (Lipinski definition) is 5. The van der Waals surface area contributed by atoms with Gasteiger partial charge >= 0.3 is 0 Å². The highest BCUT2D eigenvalue weighted by Crippen LogP contribution is 2.19. The summed E-state index contributed by atoms with van der Waals surface area (Å²) in [6.07, 6.45) is 2.40. The molecule has 0 bridgehead atoms. The maximum absolute atomic E-state index is 12.6. The fourth-order valence-corrected chi connectivity index (χ4v) is 2.59. The zero-order valence-corrected chi connectivity index (χ0v) is 14.8. The highest BCUT2D eigenvalue weighted by atomic mass is 16.5. The molecule has 0 fully saturated rings. The van der Waals surface area contributed by atoms with E-state index < -0.39 is 0 Å². The molecule has 3 rings (SSSR count). The van der Waals surface area contributed by atoms with Gasteiger partial charge in [0.25, 0.3) is 5.56 Å². The monoisotopic (exact) mass is 355 g/mol. The van der Waals surface area contributed by atoms with E-state index in [4.69, 9.17) is 4.74 Å². The molecule has 0 unspecified atom stereocenters. The molecule has 0 spiro atoms. The normalized spacial score (nSPS) is 11.0. The zero-order chi connectivity index (χ0) is 18.5.